The van der Waals surface area contributed by atoms with Crippen molar-refractivity contribution in [2.24, 2.45) is 5.92 Å². The molecule has 0 aromatic carbocycles. The van der Waals surface area contributed by atoms with Gasteiger partial charge in [0, 0.05) is 32.4 Å². The van der Waals surface area contributed by atoms with Crippen LogP contribution in [0, 0.1) is 5.92 Å². The van der Waals surface area contributed by atoms with E-state index in [9.17, 15) is 9.59 Å². The lowest BCUT2D eigenvalue weighted by Gasteiger charge is -2.25. The van der Waals surface area contributed by atoms with Gasteiger partial charge >= 0.3 is 12.0 Å². The van der Waals surface area contributed by atoms with Gasteiger partial charge in [-0.1, -0.05) is 0 Å². The van der Waals surface area contributed by atoms with E-state index in [4.69, 9.17) is 5.11 Å². The Labute approximate surface area is 117 Å². The molecule has 2 amide bonds. The molecule has 1 atom stereocenters. The molecule has 7 heteroatoms. The van der Waals surface area contributed by atoms with Gasteiger partial charge in [0.2, 0.25) is 0 Å². The van der Waals surface area contributed by atoms with E-state index < -0.39 is 5.97 Å². The molecule has 1 aliphatic rings. The van der Waals surface area contributed by atoms with Crippen LogP contribution in [0.5, 0.6) is 0 Å². The predicted molar refractivity (Wildman–Crippen MR) is 72.5 cm³/mol. The van der Waals surface area contributed by atoms with Crippen molar-refractivity contribution in [2.75, 3.05) is 13.6 Å². The lowest BCUT2D eigenvalue weighted by molar-refractivity contribution is 0.0691. The molecular weight excluding hydrogens is 260 g/mol. The second-order valence-corrected chi connectivity index (χ2v) is 5.22. The number of carboxylic acids is 1. The van der Waals surface area contributed by atoms with Gasteiger partial charge in [0.25, 0.3) is 0 Å². The summed E-state index contributed by atoms with van der Waals surface area (Å²) in [7, 11) is 1.80. The molecule has 1 aromatic rings. The van der Waals surface area contributed by atoms with Crippen molar-refractivity contribution in [3.63, 3.8) is 0 Å². The molecule has 2 rings (SSSR count). The molecule has 1 aliphatic carbocycles. The number of aromatic nitrogens is 2. The molecule has 1 heterocycles. The Balaban J connectivity index is 1.74. The first kappa shape index (κ1) is 14.4. The van der Waals surface area contributed by atoms with Crippen molar-refractivity contribution in [2.45, 2.75) is 32.4 Å². The van der Waals surface area contributed by atoms with Gasteiger partial charge in [-0.25, -0.2) is 14.6 Å². The number of nitrogens with one attached hydrogen (secondary N) is 1. The van der Waals surface area contributed by atoms with Crippen LogP contribution in [0.4, 0.5) is 4.79 Å². The van der Waals surface area contributed by atoms with Gasteiger partial charge in [0.15, 0.2) is 5.69 Å². The lowest BCUT2D eigenvalue weighted by atomic mass is 10.2. The summed E-state index contributed by atoms with van der Waals surface area (Å²) in [6, 6.07) is 0.171. The molecule has 0 saturated heterocycles. The van der Waals surface area contributed by atoms with Crippen molar-refractivity contribution < 1.29 is 14.7 Å². The summed E-state index contributed by atoms with van der Waals surface area (Å²) in [5.41, 5.74) is 0.0100. The first-order valence-corrected chi connectivity index (χ1v) is 6.74. The smallest absolute Gasteiger partial charge is 0.356 e. The Morgan fingerprint density at radius 1 is 1.60 bits per heavy atom. The highest BCUT2D eigenvalue weighted by Crippen LogP contribution is 2.34. The average Bonchev–Trinajstić information content (AvgIpc) is 3.16. The van der Waals surface area contributed by atoms with E-state index in [-0.39, 0.29) is 17.8 Å². The van der Waals surface area contributed by atoms with E-state index in [1.165, 1.54) is 25.4 Å². The molecule has 110 valence electrons. The lowest BCUT2D eigenvalue weighted by Crippen LogP contribution is -2.44. The maximum absolute atomic E-state index is 11.9. The van der Waals surface area contributed by atoms with Crippen LogP contribution in [-0.4, -0.2) is 51.2 Å². The summed E-state index contributed by atoms with van der Waals surface area (Å²) in [5.74, 6) is -0.414. The van der Waals surface area contributed by atoms with E-state index in [0.717, 1.165) is 0 Å². The van der Waals surface area contributed by atoms with Crippen LogP contribution in [-0.2, 0) is 6.54 Å². The summed E-state index contributed by atoms with van der Waals surface area (Å²) >= 11 is 0. The largest absolute Gasteiger partial charge is 0.476 e. The number of amides is 2. The number of rotatable bonds is 6. The Hall–Kier alpha value is -2.05. The van der Waals surface area contributed by atoms with Crippen LogP contribution < -0.4 is 5.32 Å². The van der Waals surface area contributed by atoms with Gasteiger partial charge in [-0.3, -0.25) is 0 Å². The molecule has 0 radical (unpaired) electrons. The minimum absolute atomic E-state index is 0.0100. The zero-order valence-corrected chi connectivity index (χ0v) is 11.7. The summed E-state index contributed by atoms with van der Waals surface area (Å²) < 4.78 is 1.65. The van der Waals surface area contributed by atoms with Crippen molar-refractivity contribution >= 4 is 12.0 Å². The molecule has 1 unspecified atom stereocenters. The van der Waals surface area contributed by atoms with E-state index in [0.29, 0.717) is 19.0 Å². The standard InChI is InChI=1S/C13H20N4O3/c1-9(10-3-4-10)16(2)13(20)14-5-6-17-7-11(12(18)19)15-8-17/h7-10H,3-6H2,1-2H3,(H,14,20)(H,18,19). The zero-order chi connectivity index (χ0) is 14.7. The van der Waals surface area contributed by atoms with Crippen LogP contribution in [0.1, 0.15) is 30.3 Å². The molecular formula is C13H20N4O3. The number of carbonyl (C=O) groups excluding carboxylic acids is 1. The quantitative estimate of drug-likeness (QED) is 0.814. The molecule has 0 aliphatic heterocycles. The fourth-order valence-electron chi connectivity index (χ4n) is 2.09. The number of carbonyl (C=O) groups is 2. The van der Waals surface area contributed by atoms with Gasteiger partial charge in [-0.05, 0) is 25.7 Å². The van der Waals surface area contributed by atoms with Gasteiger partial charge in [0.05, 0.1) is 6.33 Å². The zero-order valence-electron chi connectivity index (χ0n) is 11.7. The fourth-order valence-corrected chi connectivity index (χ4v) is 2.09. The monoisotopic (exact) mass is 280 g/mol. The Kier molecular flexibility index (Phi) is 4.26. The summed E-state index contributed by atoms with van der Waals surface area (Å²) in [5, 5.41) is 11.6. The van der Waals surface area contributed by atoms with E-state index in [1.807, 2.05) is 0 Å². The van der Waals surface area contributed by atoms with Crippen LogP contribution in [0.25, 0.3) is 0 Å². The van der Waals surface area contributed by atoms with E-state index in [1.54, 1.807) is 16.5 Å². The maximum Gasteiger partial charge on any atom is 0.356 e. The number of aromatic carboxylic acids is 1. The molecule has 0 bridgehead atoms. The number of urea groups is 1. The summed E-state index contributed by atoms with van der Waals surface area (Å²) in [6.45, 7) is 3.00. The van der Waals surface area contributed by atoms with Crippen molar-refractivity contribution in [3.05, 3.63) is 18.2 Å². The van der Waals surface area contributed by atoms with Crippen LogP contribution >= 0.6 is 0 Å². The Morgan fingerprint density at radius 3 is 2.85 bits per heavy atom. The highest BCUT2D eigenvalue weighted by atomic mass is 16.4. The topological polar surface area (TPSA) is 87.5 Å². The molecule has 1 fully saturated rings. The SMILES string of the molecule is CC(C1CC1)N(C)C(=O)NCCn1cnc(C(=O)O)c1. The minimum Gasteiger partial charge on any atom is -0.476 e. The number of hydrogen-bond donors (Lipinski definition) is 2. The van der Waals surface area contributed by atoms with Crippen LogP contribution in [0.15, 0.2) is 12.5 Å². The first-order chi connectivity index (χ1) is 9.49. The number of carboxylic acid groups (broad SMARTS) is 1. The molecule has 7 nitrogen and oxygen atoms in total. The Morgan fingerprint density at radius 2 is 2.30 bits per heavy atom. The predicted octanol–water partition coefficient (Wildman–Crippen LogP) is 1.02. The highest BCUT2D eigenvalue weighted by Gasteiger charge is 2.32. The Bertz CT molecular complexity index is 496. The highest BCUT2D eigenvalue weighted by molar-refractivity contribution is 5.84. The average molecular weight is 280 g/mol. The number of hydrogen-bond acceptors (Lipinski definition) is 3. The maximum atomic E-state index is 11.9. The molecule has 1 aromatic heterocycles. The molecule has 20 heavy (non-hydrogen) atoms. The first-order valence-electron chi connectivity index (χ1n) is 6.74. The third kappa shape index (κ3) is 3.49. The summed E-state index contributed by atoms with van der Waals surface area (Å²) in [6.07, 6.45) is 5.30. The van der Waals surface area contributed by atoms with Crippen molar-refractivity contribution in [1.29, 1.82) is 0 Å². The van der Waals surface area contributed by atoms with E-state index in [2.05, 4.69) is 17.2 Å². The second kappa shape index (κ2) is 5.94. The van der Waals surface area contributed by atoms with Crippen molar-refractivity contribution in [3.8, 4) is 0 Å². The molecule has 0 spiro atoms. The van der Waals surface area contributed by atoms with Crippen LogP contribution in [0.3, 0.4) is 0 Å². The van der Waals surface area contributed by atoms with Crippen LogP contribution in [0.2, 0.25) is 0 Å². The molecule has 1 saturated carbocycles. The van der Waals surface area contributed by atoms with Gasteiger partial charge in [0.1, 0.15) is 0 Å². The third-order valence-electron chi connectivity index (χ3n) is 3.73. The third-order valence-corrected chi connectivity index (χ3v) is 3.73. The van der Waals surface area contributed by atoms with Gasteiger partial charge < -0.3 is 19.9 Å². The van der Waals surface area contributed by atoms with E-state index >= 15 is 0 Å². The normalized spacial score (nSPS) is 15.7. The van der Waals surface area contributed by atoms with Gasteiger partial charge in [-0.2, -0.15) is 0 Å². The van der Waals surface area contributed by atoms with Crippen molar-refractivity contribution in [1.82, 2.24) is 19.8 Å². The summed E-state index contributed by atoms with van der Waals surface area (Å²) in [4.78, 5) is 28.1. The minimum atomic E-state index is -1.05. The number of nitrogens with zero attached hydrogens (tertiary/aromatic N) is 3. The second-order valence-electron chi connectivity index (χ2n) is 5.22. The number of imidazole rings is 1. The molecule has 2 N–H and O–H groups in total. The van der Waals surface area contributed by atoms with Gasteiger partial charge in [-0.15, -0.1) is 0 Å². The fraction of sp³-hybridized carbons (Fsp3) is 0.615.